The molecule has 142 valence electrons. The highest BCUT2D eigenvalue weighted by atomic mass is 35.5. The van der Waals surface area contributed by atoms with Crippen LogP contribution in [-0.2, 0) is 13.0 Å². The van der Waals surface area contributed by atoms with Crippen LogP contribution in [0.4, 0.5) is 8.78 Å². The van der Waals surface area contributed by atoms with Crippen LogP contribution in [0.3, 0.4) is 0 Å². The maximum Gasteiger partial charge on any atom is 0.272 e. The first-order valence-corrected chi connectivity index (χ1v) is 8.14. The number of aromatic amines is 1. The number of carbonyl (C=O) groups excluding carboxylic acids is 1. The molecule has 0 bridgehead atoms. The first-order valence-electron chi connectivity index (χ1n) is 8.14. The number of halogens is 3. The predicted molar refractivity (Wildman–Crippen MR) is 96.4 cm³/mol. The fourth-order valence-corrected chi connectivity index (χ4v) is 3.06. The average molecular weight is 386 g/mol. The largest absolute Gasteiger partial charge is 0.349 e. The Kier molecular flexibility index (Phi) is 6.69. The van der Waals surface area contributed by atoms with E-state index in [-0.39, 0.29) is 30.4 Å². The molecule has 1 aromatic carbocycles. The second-order valence-corrected chi connectivity index (χ2v) is 6.28. The summed E-state index contributed by atoms with van der Waals surface area (Å²) in [6, 6.07) is 3.12. The van der Waals surface area contributed by atoms with Crippen LogP contribution < -0.4 is 10.6 Å². The quantitative estimate of drug-likeness (QED) is 0.733. The van der Waals surface area contributed by atoms with Crippen LogP contribution in [0.1, 0.15) is 33.4 Å². The molecule has 1 aliphatic rings. The molecular weight excluding hydrogens is 364 g/mol. The fraction of sp³-hybridized carbons (Fsp3) is 0.412. The lowest BCUT2D eigenvalue weighted by atomic mass is 10.0. The number of H-pyrrole nitrogens is 1. The molecule has 0 fully saturated rings. The third-order valence-electron chi connectivity index (χ3n) is 4.43. The highest BCUT2D eigenvalue weighted by Crippen LogP contribution is 2.24. The lowest BCUT2D eigenvalue weighted by Crippen LogP contribution is -2.36. The Hall–Kier alpha value is -2.03. The van der Waals surface area contributed by atoms with E-state index in [4.69, 9.17) is 0 Å². The summed E-state index contributed by atoms with van der Waals surface area (Å²) in [6.45, 7) is 1.48. The Morgan fingerprint density at radius 3 is 2.69 bits per heavy atom. The molecular formula is C17H22ClF2N5O. The SMILES string of the molecule is CN(C)C(CNC(=O)c1n[nH]c2c1CNCC2)c1c(F)cccc1F.Cl. The van der Waals surface area contributed by atoms with Crippen LogP contribution in [-0.4, -0.2) is 48.2 Å². The monoisotopic (exact) mass is 385 g/mol. The number of rotatable bonds is 5. The molecule has 1 aromatic heterocycles. The molecule has 1 atom stereocenters. The van der Waals surface area contributed by atoms with Gasteiger partial charge in [0.05, 0.1) is 6.04 Å². The Morgan fingerprint density at radius 2 is 2.04 bits per heavy atom. The first-order chi connectivity index (χ1) is 12.0. The number of likely N-dealkylation sites (N-methyl/N-ethyl adjacent to an activating group) is 1. The lowest BCUT2D eigenvalue weighted by Gasteiger charge is -2.25. The van der Waals surface area contributed by atoms with Crippen molar-refractivity contribution in [2.45, 2.75) is 19.0 Å². The number of hydrogen-bond donors (Lipinski definition) is 3. The summed E-state index contributed by atoms with van der Waals surface area (Å²) in [5.74, 6) is -1.62. The van der Waals surface area contributed by atoms with Gasteiger partial charge in [-0.1, -0.05) is 6.07 Å². The average Bonchev–Trinajstić information content (AvgIpc) is 3.01. The summed E-state index contributed by atoms with van der Waals surface area (Å²) >= 11 is 0. The van der Waals surface area contributed by atoms with Gasteiger partial charge in [-0.25, -0.2) is 8.78 Å². The van der Waals surface area contributed by atoms with Crippen molar-refractivity contribution < 1.29 is 13.6 Å². The van der Waals surface area contributed by atoms with Gasteiger partial charge in [-0.3, -0.25) is 9.89 Å². The Bertz CT molecular complexity index is 760. The third-order valence-corrected chi connectivity index (χ3v) is 4.43. The minimum absolute atomic E-state index is 0. The van der Waals surface area contributed by atoms with E-state index in [1.165, 1.54) is 18.2 Å². The molecule has 2 aromatic rings. The van der Waals surface area contributed by atoms with Crippen molar-refractivity contribution in [3.63, 3.8) is 0 Å². The summed E-state index contributed by atoms with van der Waals surface area (Å²) in [5.41, 5.74) is 2.07. The maximum atomic E-state index is 14.1. The van der Waals surface area contributed by atoms with Crippen LogP contribution in [0, 0.1) is 11.6 Å². The number of nitrogens with one attached hydrogen (secondary N) is 3. The molecule has 26 heavy (non-hydrogen) atoms. The van der Waals surface area contributed by atoms with E-state index < -0.39 is 17.7 Å². The Morgan fingerprint density at radius 1 is 1.35 bits per heavy atom. The fourth-order valence-electron chi connectivity index (χ4n) is 3.06. The maximum absolute atomic E-state index is 14.1. The van der Waals surface area contributed by atoms with Crippen molar-refractivity contribution in [3.8, 4) is 0 Å². The van der Waals surface area contributed by atoms with E-state index in [0.29, 0.717) is 12.2 Å². The summed E-state index contributed by atoms with van der Waals surface area (Å²) < 4.78 is 28.2. The van der Waals surface area contributed by atoms with Crippen LogP contribution >= 0.6 is 12.4 Å². The van der Waals surface area contributed by atoms with Gasteiger partial charge in [0, 0.05) is 42.9 Å². The van der Waals surface area contributed by atoms with Gasteiger partial charge in [0.15, 0.2) is 5.69 Å². The molecule has 9 heteroatoms. The van der Waals surface area contributed by atoms with Crippen molar-refractivity contribution in [2.24, 2.45) is 0 Å². The van der Waals surface area contributed by atoms with Crippen LogP contribution in [0.15, 0.2) is 18.2 Å². The van der Waals surface area contributed by atoms with E-state index >= 15 is 0 Å². The Balaban J connectivity index is 0.00000243. The van der Waals surface area contributed by atoms with Crippen molar-refractivity contribution in [1.29, 1.82) is 0 Å². The second-order valence-electron chi connectivity index (χ2n) is 6.28. The summed E-state index contributed by atoms with van der Waals surface area (Å²) in [5, 5.41) is 12.9. The van der Waals surface area contributed by atoms with E-state index in [1.54, 1.807) is 19.0 Å². The molecule has 3 rings (SSSR count). The van der Waals surface area contributed by atoms with Gasteiger partial charge in [0.25, 0.3) is 5.91 Å². The number of hydrogen-bond acceptors (Lipinski definition) is 4. The molecule has 0 aliphatic carbocycles. The molecule has 1 unspecified atom stereocenters. The van der Waals surface area contributed by atoms with E-state index in [1.807, 2.05) is 0 Å². The van der Waals surface area contributed by atoms with Crippen molar-refractivity contribution in [1.82, 2.24) is 25.7 Å². The summed E-state index contributed by atoms with van der Waals surface area (Å²) in [4.78, 5) is 14.1. The normalized spacial score (nSPS) is 14.5. The second kappa shape index (κ2) is 8.57. The predicted octanol–water partition coefficient (Wildman–Crippen LogP) is 1.79. The number of fused-ring (bicyclic) bond motifs is 1. The van der Waals surface area contributed by atoms with Gasteiger partial charge >= 0.3 is 0 Å². The molecule has 1 aliphatic heterocycles. The molecule has 0 radical (unpaired) electrons. The number of aromatic nitrogens is 2. The lowest BCUT2D eigenvalue weighted by molar-refractivity contribution is 0.0934. The van der Waals surface area contributed by atoms with Crippen LogP contribution in [0.5, 0.6) is 0 Å². The summed E-state index contributed by atoms with van der Waals surface area (Å²) in [6.07, 6.45) is 0.788. The zero-order valence-corrected chi connectivity index (χ0v) is 15.4. The standard InChI is InChI=1S/C17H21F2N5O.ClH/c1-24(2)14(15-11(18)4-3-5-12(15)19)9-21-17(25)16-10-8-20-7-6-13(10)22-23-16;/h3-5,14,20H,6-9H2,1-2H3,(H,21,25)(H,22,23);1H. The zero-order chi connectivity index (χ0) is 18.0. The topological polar surface area (TPSA) is 73.0 Å². The molecule has 0 saturated carbocycles. The number of carbonyl (C=O) groups is 1. The minimum atomic E-state index is -0.630. The van der Waals surface area contributed by atoms with Crippen molar-refractivity contribution in [2.75, 3.05) is 27.2 Å². The number of benzene rings is 1. The smallest absolute Gasteiger partial charge is 0.272 e. The van der Waals surface area contributed by atoms with Gasteiger partial charge < -0.3 is 15.5 Å². The summed E-state index contributed by atoms with van der Waals surface area (Å²) in [7, 11) is 3.42. The molecule has 0 saturated heterocycles. The van der Waals surface area contributed by atoms with Crippen LogP contribution in [0.25, 0.3) is 0 Å². The van der Waals surface area contributed by atoms with Crippen molar-refractivity contribution in [3.05, 3.63) is 52.3 Å². The van der Waals surface area contributed by atoms with Gasteiger partial charge in [-0.05, 0) is 26.2 Å². The molecule has 2 heterocycles. The minimum Gasteiger partial charge on any atom is -0.349 e. The van der Waals surface area contributed by atoms with Gasteiger partial charge in [-0.2, -0.15) is 5.10 Å². The molecule has 6 nitrogen and oxygen atoms in total. The third kappa shape index (κ3) is 4.03. The number of amides is 1. The van der Waals surface area contributed by atoms with Crippen molar-refractivity contribution >= 4 is 18.3 Å². The Labute approximate surface area is 156 Å². The molecule has 0 spiro atoms. The first kappa shape index (κ1) is 20.3. The van der Waals surface area contributed by atoms with Gasteiger partial charge in [-0.15, -0.1) is 12.4 Å². The highest BCUT2D eigenvalue weighted by Gasteiger charge is 2.25. The van der Waals surface area contributed by atoms with E-state index in [2.05, 4.69) is 20.8 Å². The van der Waals surface area contributed by atoms with Crippen LogP contribution in [0.2, 0.25) is 0 Å². The highest BCUT2D eigenvalue weighted by molar-refractivity contribution is 5.94. The molecule has 1 amide bonds. The van der Waals surface area contributed by atoms with Gasteiger partial charge in [0.2, 0.25) is 0 Å². The number of nitrogens with zero attached hydrogens (tertiary/aromatic N) is 2. The van der Waals surface area contributed by atoms with E-state index in [0.717, 1.165) is 24.2 Å². The van der Waals surface area contributed by atoms with E-state index in [9.17, 15) is 13.6 Å². The zero-order valence-electron chi connectivity index (χ0n) is 14.6. The van der Waals surface area contributed by atoms with Gasteiger partial charge in [0.1, 0.15) is 11.6 Å². The molecule has 3 N–H and O–H groups in total.